The van der Waals surface area contributed by atoms with Gasteiger partial charge < -0.3 is 5.32 Å². The summed E-state index contributed by atoms with van der Waals surface area (Å²) < 4.78 is 41.1. The van der Waals surface area contributed by atoms with Crippen molar-refractivity contribution in [2.75, 3.05) is 0 Å². The summed E-state index contributed by atoms with van der Waals surface area (Å²) in [6.45, 7) is 0.380. The zero-order chi connectivity index (χ0) is 16.2. The maximum absolute atomic E-state index is 13.3. The van der Waals surface area contributed by atoms with Gasteiger partial charge in [0.25, 0.3) is 5.91 Å². The Morgan fingerprint density at radius 3 is 2.91 bits per heavy atom. The first kappa shape index (κ1) is 14.2. The molecule has 23 heavy (non-hydrogen) atoms. The Kier molecular flexibility index (Phi) is 2.94. The lowest BCUT2D eigenvalue weighted by molar-refractivity contribution is -0.171. The zero-order valence-corrected chi connectivity index (χ0v) is 11.9. The monoisotopic (exact) mass is 323 g/mol. The Labute approximate surface area is 128 Å². The molecule has 0 saturated heterocycles. The maximum atomic E-state index is 13.3. The summed E-state index contributed by atoms with van der Waals surface area (Å²) >= 11 is 0. The number of halogens is 3. The van der Waals surface area contributed by atoms with Gasteiger partial charge in [-0.15, -0.1) is 10.2 Å². The molecule has 2 aliphatic rings. The average Bonchev–Trinajstić information content (AvgIpc) is 3.10. The van der Waals surface area contributed by atoms with Crippen LogP contribution >= 0.6 is 0 Å². The second kappa shape index (κ2) is 4.77. The average molecular weight is 323 g/mol. The summed E-state index contributed by atoms with van der Waals surface area (Å²) in [7, 11) is 0. The van der Waals surface area contributed by atoms with Gasteiger partial charge in [-0.25, -0.2) is 0 Å². The molecule has 0 saturated carbocycles. The molecule has 0 aromatic carbocycles. The summed E-state index contributed by atoms with van der Waals surface area (Å²) in [5.74, 6) is 0.110. The quantitative estimate of drug-likeness (QED) is 0.871. The van der Waals surface area contributed by atoms with Gasteiger partial charge in [-0.3, -0.25) is 14.3 Å². The molecular formula is C14H12F3N5O. The number of aryl methyl sites for hydroxylation is 1. The minimum Gasteiger partial charge on any atom is -0.348 e. The van der Waals surface area contributed by atoms with Crippen LogP contribution in [0, 0.1) is 0 Å². The highest BCUT2D eigenvalue weighted by atomic mass is 19.4. The van der Waals surface area contributed by atoms with E-state index in [1.807, 2.05) is 0 Å². The molecule has 4 heterocycles. The summed E-state index contributed by atoms with van der Waals surface area (Å²) in [6, 6.07) is -0.170. The highest BCUT2D eigenvalue weighted by Crippen LogP contribution is 2.40. The molecule has 4 rings (SSSR count). The lowest BCUT2D eigenvalue weighted by Crippen LogP contribution is -2.31. The van der Waals surface area contributed by atoms with Crippen molar-refractivity contribution in [2.24, 2.45) is 0 Å². The van der Waals surface area contributed by atoms with Crippen LogP contribution < -0.4 is 5.32 Å². The fourth-order valence-corrected chi connectivity index (χ4v) is 3.12. The van der Waals surface area contributed by atoms with Crippen LogP contribution in [0.5, 0.6) is 0 Å². The molecule has 0 bridgehead atoms. The van der Waals surface area contributed by atoms with Gasteiger partial charge in [0.2, 0.25) is 0 Å². The number of nitrogens with zero attached hydrogens (tertiary/aromatic N) is 4. The van der Waals surface area contributed by atoms with E-state index in [0.717, 1.165) is 10.1 Å². The molecular weight excluding hydrogens is 311 g/mol. The SMILES string of the molecule is O=C1NCc2cnc(-c3nnc4n3C(C(F)(F)F)CCC4)cc21. The number of hydrogen-bond donors (Lipinski definition) is 1. The number of nitrogens with one attached hydrogen (secondary N) is 1. The predicted octanol–water partition coefficient (Wildman–Crippen LogP) is 2.02. The van der Waals surface area contributed by atoms with Crippen molar-refractivity contribution in [1.82, 2.24) is 25.1 Å². The van der Waals surface area contributed by atoms with Crippen molar-refractivity contribution in [2.45, 2.75) is 38.0 Å². The number of carbonyl (C=O) groups is 1. The van der Waals surface area contributed by atoms with Gasteiger partial charge in [0.05, 0.1) is 0 Å². The molecule has 0 aliphatic carbocycles. The standard InChI is InChI=1S/C14H12F3N5O/c15-14(16,17)10-2-1-3-11-20-21-12(22(10)11)9-4-8-7(5-18-9)6-19-13(8)23/h4-5,10H,1-3,6H2,(H,19,23). The van der Waals surface area contributed by atoms with E-state index in [4.69, 9.17) is 0 Å². The Balaban J connectivity index is 1.84. The van der Waals surface area contributed by atoms with Crippen molar-refractivity contribution < 1.29 is 18.0 Å². The van der Waals surface area contributed by atoms with Crippen LogP contribution in [0.3, 0.4) is 0 Å². The fraction of sp³-hybridized carbons (Fsp3) is 0.429. The molecule has 0 fully saturated rings. The summed E-state index contributed by atoms with van der Waals surface area (Å²) in [4.78, 5) is 15.9. The number of fused-ring (bicyclic) bond motifs is 2. The van der Waals surface area contributed by atoms with Crippen molar-refractivity contribution in [1.29, 1.82) is 0 Å². The molecule has 1 N–H and O–H groups in total. The van der Waals surface area contributed by atoms with Crippen LogP contribution in [0.15, 0.2) is 12.3 Å². The van der Waals surface area contributed by atoms with E-state index in [-0.39, 0.29) is 23.8 Å². The third-order valence-electron chi connectivity index (χ3n) is 4.23. The number of rotatable bonds is 1. The van der Waals surface area contributed by atoms with E-state index in [9.17, 15) is 18.0 Å². The van der Waals surface area contributed by atoms with Gasteiger partial charge in [0.1, 0.15) is 17.6 Å². The summed E-state index contributed by atoms with van der Waals surface area (Å²) in [6.07, 6.45) is -2.02. The Hall–Kier alpha value is -2.45. The largest absolute Gasteiger partial charge is 0.409 e. The first-order valence-electron chi connectivity index (χ1n) is 7.23. The Morgan fingerprint density at radius 1 is 1.30 bits per heavy atom. The van der Waals surface area contributed by atoms with E-state index in [1.165, 1.54) is 12.3 Å². The van der Waals surface area contributed by atoms with E-state index in [1.54, 1.807) is 0 Å². The molecule has 6 nitrogen and oxygen atoms in total. The number of pyridine rings is 1. The highest BCUT2D eigenvalue weighted by molar-refractivity contribution is 5.98. The second-order valence-corrected chi connectivity index (χ2v) is 5.67. The minimum atomic E-state index is -4.37. The Morgan fingerprint density at radius 2 is 2.13 bits per heavy atom. The number of amides is 1. The molecule has 9 heteroatoms. The normalized spacial score (nSPS) is 20.1. The third kappa shape index (κ3) is 2.18. The maximum Gasteiger partial charge on any atom is 0.409 e. The first-order chi connectivity index (χ1) is 10.9. The lowest BCUT2D eigenvalue weighted by Gasteiger charge is -2.27. The van der Waals surface area contributed by atoms with E-state index in [0.29, 0.717) is 30.8 Å². The smallest absolute Gasteiger partial charge is 0.348 e. The highest BCUT2D eigenvalue weighted by Gasteiger charge is 2.44. The van der Waals surface area contributed by atoms with E-state index < -0.39 is 12.2 Å². The zero-order valence-electron chi connectivity index (χ0n) is 11.9. The number of alkyl halides is 3. The van der Waals surface area contributed by atoms with Gasteiger partial charge in [0, 0.05) is 30.3 Å². The van der Waals surface area contributed by atoms with Gasteiger partial charge in [-0.05, 0) is 18.9 Å². The van der Waals surface area contributed by atoms with Crippen molar-refractivity contribution in [3.63, 3.8) is 0 Å². The van der Waals surface area contributed by atoms with Gasteiger partial charge in [-0.2, -0.15) is 13.2 Å². The molecule has 1 unspecified atom stereocenters. The van der Waals surface area contributed by atoms with Gasteiger partial charge >= 0.3 is 6.18 Å². The first-order valence-corrected chi connectivity index (χ1v) is 7.23. The number of hydrogen-bond acceptors (Lipinski definition) is 4. The molecule has 2 aromatic rings. The predicted molar refractivity (Wildman–Crippen MR) is 72.5 cm³/mol. The number of carbonyl (C=O) groups excluding carboxylic acids is 1. The van der Waals surface area contributed by atoms with Crippen LogP contribution in [0.1, 0.15) is 40.6 Å². The number of aromatic nitrogens is 4. The van der Waals surface area contributed by atoms with E-state index in [2.05, 4.69) is 20.5 Å². The molecule has 1 atom stereocenters. The molecule has 0 radical (unpaired) electrons. The van der Waals surface area contributed by atoms with Crippen LogP contribution in [0.4, 0.5) is 13.2 Å². The van der Waals surface area contributed by atoms with Crippen LogP contribution in [-0.2, 0) is 13.0 Å². The molecule has 1 amide bonds. The minimum absolute atomic E-state index is 0.00698. The fourth-order valence-electron chi connectivity index (χ4n) is 3.12. The van der Waals surface area contributed by atoms with E-state index >= 15 is 0 Å². The van der Waals surface area contributed by atoms with Gasteiger partial charge in [0.15, 0.2) is 5.82 Å². The molecule has 0 spiro atoms. The summed E-state index contributed by atoms with van der Waals surface area (Å²) in [5, 5.41) is 10.4. The van der Waals surface area contributed by atoms with Crippen molar-refractivity contribution in [3.8, 4) is 11.5 Å². The molecule has 2 aromatic heterocycles. The van der Waals surface area contributed by atoms with Crippen LogP contribution in [0.2, 0.25) is 0 Å². The van der Waals surface area contributed by atoms with Crippen molar-refractivity contribution in [3.05, 3.63) is 29.2 Å². The molecule has 120 valence electrons. The van der Waals surface area contributed by atoms with Crippen molar-refractivity contribution >= 4 is 5.91 Å². The van der Waals surface area contributed by atoms with Gasteiger partial charge in [-0.1, -0.05) is 0 Å². The van der Waals surface area contributed by atoms with Crippen LogP contribution in [-0.4, -0.2) is 31.8 Å². The molecule has 2 aliphatic heterocycles. The topological polar surface area (TPSA) is 72.7 Å². The second-order valence-electron chi connectivity index (χ2n) is 5.67. The lowest BCUT2D eigenvalue weighted by atomic mass is 10.0. The summed E-state index contributed by atoms with van der Waals surface area (Å²) in [5.41, 5.74) is 1.38. The Bertz CT molecular complexity index is 798. The van der Waals surface area contributed by atoms with Crippen LogP contribution in [0.25, 0.3) is 11.5 Å². The third-order valence-corrected chi connectivity index (χ3v) is 4.23.